The van der Waals surface area contributed by atoms with Crippen LogP contribution in [0.5, 0.6) is 0 Å². The van der Waals surface area contributed by atoms with Crippen LogP contribution in [0.1, 0.15) is 18.5 Å². The summed E-state index contributed by atoms with van der Waals surface area (Å²) in [6.45, 7) is 2.02. The summed E-state index contributed by atoms with van der Waals surface area (Å²) in [5, 5.41) is 19.4. The summed E-state index contributed by atoms with van der Waals surface area (Å²) in [6, 6.07) is 11.1. The standard InChI is InChI=1S/C19H16N6O2S2/c1-2-15-22-23-19-25(15)24-17(29-19)12-5-7-13(8-6-12)20-18(28)21-16(26)10-9-14-4-3-11-27-14/h3-11H,2H2,1H3,(H2,20,21,26,28). The zero-order valence-corrected chi connectivity index (χ0v) is 17.0. The topological polar surface area (TPSA) is 97.3 Å². The zero-order chi connectivity index (χ0) is 20.2. The molecule has 29 heavy (non-hydrogen) atoms. The van der Waals surface area contributed by atoms with E-state index in [4.69, 9.17) is 16.6 Å². The molecule has 1 amide bonds. The SMILES string of the molecule is CCc1nnc2sc(-c3ccc(NC(=S)NC(=O)C=Cc4ccco4)cc3)nn12. The quantitative estimate of drug-likeness (QED) is 0.374. The largest absolute Gasteiger partial charge is 0.465 e. The number of hydrogen-bond acceptors (Lipinski definition) is 7. The molecule has 4 rings (SSSR count). The van der Waals surface area contributed by atoms with Crippen molar-refractivity contribution in [2.45, 2.75) is 13.3 Å². The van der Waals surface area contributed by atoms with Crippen LogP contribution in [0.3, 0.4) is 0 Å². The molecular formula is C19H16N6O2S2. The van der Waals surface area contributed by atoms with E-state index < -0.39 is 0 Å². The van der Waals surface area contributed by atoms with Crippen molar-refractivity contribution in [1.29, 1.82) is 0 Å². The summed E-state index contributed by atoms with van der Waals surface area (Å²) in [6.07, 6.45) is 5.23. The van der Waals surface area contributed by atoms with Crippen LogP contribution < -0.4 is 10.6 Å². The van der Waals surface area contributed by atoms with Crippen molar-refractivity contribution in [2.24, 2.45) is 0 Å². The summed E-state index contributed by atoms with van der Waals surface area (Å²) < 4.78 is 6.90. The van der Waals surface area contributed by atoms with Gasteiger partial charge in [0.2, 0.25) is 10.9 Å². The molecule has 0 saturated heterocycles. The summed E-state index contributed by atoms with van der Waals surface area (Å²) in [4.78, 5) is 12.7. The number of thiocarbonyl (C=S) groups is 1. The molecule has 0 aliphatic carbocycles. The van der Waals surface area contributed by atoms with Crippen LogP contribution in [0.4, 0.5) is 5.69 Å². The van der Waals surface area contributed by atoms with Crippen molar-refractivity contribution >= 4 is 51.3 Å². The van der Waals surface area contributed by atoms with Gasteiger partial charge in [0.1, 0.15) is 10.8 Å². The fourth-order valence-electron chi connectivity index (χ4n) is 2.55. The van der Waals surface area contributed by atoms with Crippen molar-refractivity contribution < 1.29 is 9.21 Å². The Morgan fingerprint density at radius 2 is 2.10 bits per heavy atom. The third-order valence-electron chi connectivity index (χ3n) is 3.94. The molecule has 0 bridgehead atoms. The molecular weight excluding hydrogens is 408 g/mol. The van der Waals surface area contributed by atoms with Crippen LogP contribution in [-0.4, -0.2) is 30.8 Å². The molecule has 0 aliphatic heterocycles. The Labute approximate surface area is 175 Å². The van der Waals surface area contributed by atoms with Gasteiger partial charge in [-0.2, -0.15) is 9.61 Å². The van der Waals surface area contributed by atoms with Crippen LogP contribution in [0.2, 0.25) is 0 Å². The Morgan fingerprint density at radius 3 is 2.83 bits per heavy atom. The van der Waals surface area contributed by atoms with Gasteiger partial charge in [0.25, 0.3) is 0 Å². The molecule has 0 radical (unpaired) electrons. The number of carbonyl (C=O) groups is 1. The van der Waals surface area contributed by atoms with E-state index in [0.717, 1.165) is 33.5 Å². The molecule has 146 valence electrons. The van der Waals surface area contributed by atoms with Gasteiger partial charge in [-0.25, -0.2) is 0 Å². The number of carbonyl (C=O) groups excluding carboxylic acids is 1. The lowest BCUT2D eigenvalue weighted by atomic mass is 10.2. The number of nitrogens with one attached hydrogen (secondary N) is 2. The minimum atomic E-state index is -0.345. The number of hydrogen-bond donors (Lipinski definition) is 2. The minimum absolute atomic E-state index is 0.207. The number of amides is 1. The predicted octanol–water partition coefficient (Wildman–Crippen LogP) is 3.53. The Morgan fingerprint density at radius 1 is 1.28 bits per heavy atom. The van der Waals surface area contributed by atoms with Crippen LogP contribution in [-0.2, 0) is 11.2 Å². The third kappa shape index (κ3) is 4.39. The molecule has 2 N–H and O–H groups in total. The first kappa shape index (κ1) is 19.0. The molecule has 4 aromatic rings. The molecule has 10 heteroatoms. The van der Waals surface area contributed by atoms with Gasteiger partial charge in [0, 0.05) is 23.7 Å². The maximum absolute atomic E-state index is 11.9. The maximum atomic E-state index is 11.9. The molecule has 0 atom stereocenters. The number of aryl methyl sites for hydroxylation is 1. The van der Waals surface area contributed by atoms with Crippen molar-refractivity contribution in [3.63, 3.8) is 0 Å². The lowest BCUT2D eigenvalue weighted by molar-refractivity contribution is -0.115. The van der Waals surface area contributed by atoms with Gasteiger partial charge in [0.05, 0.1) is 6.26 Å². The first-order valence-electron chi connectivity index (χ1n) is 8.77. The Kier molecular flexibility index (Phi) is 5.45. The van der Waals surface area contributed by atoms with Crippen LogP contribution >= 0.6 is 23.6 Å². The van der Waals surface area contributed by atoms with Crippen LogP contribution in [0.25, 0.3) is 21.6 Å². The second kappa shape index (κ2) is 8.33. The maximum Gasteiger partial charge on any atom is 0.250 e. The lowest BCUT2D eigenvalue weighted by Crippen LogP contribution is -2.32. The van der Waals surface area contributed by atoms with E-state index in [1.807, 2.05) is 31.2 Å². The van der Waals surface area contributed by atoms with Crippen molar-refractivity contribution in [3.8, 4) is 10.6 Å². The molecule has 3 heterocycles. The molecule has 1 aromatic carbocycles. The molecule has 0 fully saturated rings. The first-order chi connectivity index (χ1) is 14.1. The monoisotopic (exact) mass is 424 g/mol. The van der Waals surface area contributed by atoms with Gasteiger partial charge < -0.3 is 9.73 Å². The number of benzene rings is 1. The predicted molar refractivity (Wildman–Crippen MR) is 116 cm³/mol. The van der Waals surface area contributed by atoms with E-state index in [1.165, 1.54) is 23.7 Å². The highest BCUT2D eigenvalue weighted by atomic mass is 32.1. The lowest BCUT2D eigenvalue weighted by Gasteiger charge is -2.08. The highest BCUT2D eigenvalue weighted by Gasteiger charge is 2.12. The van der Waals surface area contributed by atoms with Crippen molar-refractivity contribution in [2.75, 3.05) is 5.32 Å². The number of nitrogens with zero attached hydrogens (tertiary/aromatic N) is 4. The van der Waals surface area contributed by atoms with E-state index in [-0.39, 0.29) is 11.0 Å². The fraction of sp³-hybridized carbons (Fsp3) is 0.105. The summed E-state index contributed by atoms with van der Waals surface area (Å²) in [7, 11) is 0. The number of anilines is 1. The molecule has 8 nitrogen and oxygen atoms in total. The van der Waals surface area contributed by atoms with Gasteiger partial charge in [-0.05, 0) is 54.7 Å². The van der Waals surface area contributed by atoms with Crippen LogP contribution in [0, 0.1) is 0 Å². The molecule has 0 saturated carbocycles. The van der Waals surface area contributed by atoms with Crippen LogP contribution in [0.15, 0.2) is 53.2 Å². The summed E-state index contributed by atoms with van der Waals surface area (Å²) in [5.74, 6) is 1.08. The average Bonchev–Trinajstić information content (AvgIpc) is 3.44. The highest BCUT2D eigenvalue weighted by molar-refractivity contribution is 7.80. The summed E-state index contributed by atoms with van der Waals surface area (Å²) >= 11 is 6.66. The Balaban J connectivity index is 1.37. The molecule has 0 spiro atoms. The number of furan rings is 1. The number of rotatable bonds is 5. The van der Waals surface area contributed by atoms with Gasteiger partial charge in [-0.1, -0.05) is 18.3 Å². The van der Waals surface area contributed by atoms with E-state index in [9.17, 15) is 4.79 Å². The first-order valence-corrected chi connectivity index (χ1v) is 10.00. The molecule has 0 unspecified atom stereocenters. The van der Waals surface area contributed by atoms with E-state index >= 15 is 0 Å². The Bertz CT molecular complexity index is 1180. The smallest absolute Gasteiger partial charge is 0.250 e. The second-order valence-electron chi connectivity index (χ2n) is 5.94. The Hall–Kier alpha value is -3.37. The molecule has 3 aromatic heterocycles. The fourth-order valence-corrected chi connectivity index (χ4v) is 3.63. The van der Waals surface area contributed by atoms with Gasteiger partial charge in [-0.15, -0.1) is 10.2 Å². The highest BCUT2D eigenvalue weighted by Crippen LogP contribution is 2.26. The molecule has 0 aliphatic rings. The van der Waals surface area contributed by atoms with E-state index in [2.05, 4.69) is 25.9 Å². The van der Waals surface area contributed by atoms with E-state index in [0.29, 0.717) is 5.76 Å². The minimum Gasteiger partial charge on any atom is -0.465 e. The summed E-state index contributed by atoms with van der Waals surface area (Å²) in [5.41, 5.74) is 1.72. The third-order valence-corrected chi connectivity index (χ3v) is 5.09. The number of fused-ring (bicyclic) bond motifs is 1. The zero-order valence-electron chi connectivity index (χ0n) is 15.3. The van der Waals surface area contributed by atoms with Gasteiger partial charge >= 0.3 is 0 Å². The normalized spacial score (nSPS) is 11.2. The number of aromatic nitrogens is 4. The van der Waals surface area contributed by atoms with Crippen molar-refractivity contribution in [1.82, 2.24) is 25.1 Å². The van der Waals surface area contributed by atoms with Gasteiger partial charge in [-0.3, -0.25) is 10.1 Å². The second-order valence-corrected chi connectivity index (χ2v) is 7.31. The van der Waals surface area contributed by atoms with Gasteiger partial charge in [0.15, 0.2) is 10.9 Å². The van der Waals surface area contributed by atoms with E-state index in [1.54, 1.807) is 22.7 Å². The van der Waals surface area contributed by atoms with Crippen molar-refractivity contribution in [3.05, 3.63) is 60.3 Å². The average molecular weight is 425 g/mol.